The highest BCUT2D eigenvalue weighted by molar-refractivity contribution is 5.74. The van der Waals surface area contributed by atoms with Crippen LogP contribution in [0.4, 0.5) is 4.79 Å². The van der Waals surface area contributed by atoms with Crippen molar-refractivity contribution in [1.29, 1.82) is 0 Å². The van der Waals surface area contributed by atoms with Crippen LogP contribution in [-0.4, -0.2) is 49.8 Å². The molecular formula is C17H25N3O2. The number of hydrogen-bond acceptors (Lipinski definition) is 3. The number of aryl methyl sites for hydroxylation is 1. The summed E-state index contributed by atoms with van der Waals surface area (Å²) < 4.78 is 5.45. The van der Waals surface area contributed by atoms with E-state index < -0.39 is 0 Å². The van der Waals surface area contributed by atoms with Gasteiger partial charge in [0, 0.05) is 25.7 Å². The Morgan fingerprint density at radius 2 is 2.14 bits per heavy atom. The highest BCUT2D eigenvalue weighted by Crippen LogP contribution is 2.22. The van der Waals surface area contributed by atoms with Crippen LogP contribution in [0.15, 0.2) is 24.3 Å². The number of urea groups is 1. The Kier molecular flexibility index (Phi) is 4.95. The van der Waals surface area contributed by atoms with Crippen LogP contribution in [-0.2, 0) is 4.74 Å². The van der Waals surface area contributed by atoms with Crippen molar-refractivity contribution in [2.75, 3.05) is 32.8 Å². The van der Waals surface area contributed by atoms with E-state index in [9.17, 15) is 4.79 Å². The summed E-state index contributed by atoms with van der Waals surface area (Å²) in [6, 6.07) is 9.09. The molecule has 1 aliphatic carbocycles. The van der Waals surface area contributed by atoms with Crippen molar-refractivity contribution in [2.45, 2.75) is 31.8 Å². The number of hydrogen-bond donors (Lipinski definition) is 2. The Balaban J connectivity index is 1.66. The molecule has 2 aliphatic rings. The Bertz CT molecular complexity index is 510. The number of nitrogens with zero attached hydrogens (tertiary/aromatic N) is 1. The molecule has 3 rings (SSSR count). The number of benzene rings is 1. The molecule has 22 heavy (non-hydrogen) atoms. The largest absolute Gasteiger partial charge is 0.379 e. The molecule has 1 unspecified atom stereocenters. The molecule has 0 radical (unpaired) electrons. The number of ether oxygens (including phenoxy) is 1. The van der Waals surface area contributed by atoms with Gasteiger partial charge in [-0.15, -0.1) is 0 Å². The summed E-state index contributed by atoms with van der Waals surface area (Å²) in [6.07, 6.45) is 2.22. The van der Waals surface area contributed by atoms with E-state index in [-0.39, 0.29) is 12.1 Å². The van der Waals surface area contributed by atoms with E-state index in [1.807, 2.05) is 0 Å². The van der Waals surface area contributed by atoms with Crippen LogP contribution < -0.4 is 10.6 Å². The molecule has 2 N–H and O–H groups in total. The van der Waals surface area contributed by atoms with Crippen molar-refractivity contribution >= 4 is 6.03 Å². The molecule has 2 fully saturated rings. The van der Waals surface area contributed by atoms with Crippen LogP contribution in [0.2, 0.25) is 0 Å². The molecule has 5 nitrogen and oxygen atoms in total. The number of morpholine rings is 1. The van der Waals surface area contributed by atoms with Crippen LogP contribution in [0, 0.1) is 6.92 Å². The lowest BCUT2D eigenvalue weighted by molar-refractivity contribution is 0.0167. The van der Waals surface area contributed by atoms with Gasteiger partial charge in [0.25, 0.3) is 0 Å². The average molecular weight is 303 g/mol. The highest BCUT2D eigenvalue weighted by atomic mass is 16.5. The van der Waals surface area contributed by atoms with Crippen LogP contribution in [0.3, 0.4) is 0 Å². The molecule has 1 aromatic carbocycles. The minimum Gasteiger partial charge on any atom is -0.379 e. The Morgan fingerprint density at radius 3 is 2.82 bits per heavy atom. The summed E-state index contributed by atoms with van der Waals surface area (Å²) in [4.78, 5) is 14.3. The van der Waals surface area contributed by atoms with Crippen molar-refractivity contribution in [1.82, 2.24) is 15.5 Å². The van der Waals surface area contributed by atoms with Crippen molar-refractivity contribution in [3.05, 3.63) is 35.4 Å². The van der Waals surface area contributed by atoms with Gasteiger partial charge in [-0.3, -0.25) is 4.90 Å². The molecule has 2 amide bonds. The first kappa shape index (κ1) is 15.3. The normalized spacial score (nSPS) is 20.4. The molecule has 120 valence electrons. The minimum absolute atomic E-state index is 0.0478. The fourth-order valence-corrected chi connectivity index (χ4v) is 2.88. The zero-order valence-corrected chi connectivity index (χ0v) is 13.2. The predicted octanol–water partition coefficient (Wildman–Crippen LogP) is 1.83. The lowest BCUT2D eigenvalue weighted by Gasteiger charge is -2.35. The van der Waals surface area contributed by atoms with Gasteiger partial charge in [0.15, 0.2) is 0 Å². The third-order valence-electron chi connectivity index (χ3n) is 4.28. The van der Waals surface area contributed by atoms with E-state index in [1.54, 1.807) is 0 Å². The summed E-state index contributed by atoms with van der Waals surface area (Å²) in [5.41, 5.74) is 2.51. The monoisotopic (exact) mass is 303 g/mol. The van der Waals surface area contributed by atoms with Gasteiger partial charge in [-0.25, -0.2) is 4.79 Å². The number of amides is 2. The maximum atomic E-state index is 11.9. The van der Waals surface area contributed by atoms with Gasteiger partial charge in [0.2, 0.25) is 0 Å². The number of nitrogens with one attached hydrogen (secondary N) is 2. The van der Waals surface area contributed by atoms with E-state index in [0.29, 0.717) is 12.6 Å². The fraction of sp³-hybridized carbons (Fsp3) is 0.588. The van der Waals surface area contributed by atoms with E-state index in [2.05, 4.69) is 46.7 Å². The van der Waals surface area contributed by atoms with Gasteiger partial charge in [0.1, 0.15) is 0 Å². The fourth-order valence-electron chi connectivity index (χ4n) is 2.88. The molecule has 1 aromatic rings. The van der Waals surface area contributed by atoms with Gasteiger partial charge < -0.3 is 15.4 Å². The van der Waals surface area contributed by atoms with Crippen LogP contribution in [0.5, 0.6) is 0 Å². The lowest BCUT2D eigenvalue weighted by Crippen LogP contribution is -2.46. The quantitative estimate of drug-likeness (QED) is 0.872. The van der Waals surface area contributed by atoms with Gasteiger partial charge in [-0.2, -0.15) is 0 Å². The summed E-state index contributed by atoms with van der Waals surface area (Å²) in [6.45, 7) is 6.07. The van der Waals surface area contributed by atoms with Crippen LogP contribution in [0.25, 0.3) is 0 Å². The second-order valence-corrected chi connectivity index (χ2v) is 6.21. The summed E-state index contributed by atoms with van der Waals surface area (Å²) in [5, 5.41) is 6.02. The topological polar surface area (TPSA) is 53.6 Å². The van der Waals surface area contributed by atoms with E-state index >= 15 is 0 Å². The van der Waals surface area contributed by atoms with Crippen molar-refractivity contribution in [3.8, 4) is 0 Å². The number of carbonyl (C=O) groups excluding carboxylic acids is 1. The summed E-state index contributed by atoms with van der Waals surface area (Å²) >= 11 is 0. The second-order valence-electron chi connectivity index (χ2n) is 6.21. The van der Waals surface area contributed by atoms with Crippen molar-refractivity contribution in [2.24, 2.45) is 0 Å². The Labute approximate surface area is 132 Å². The first-order valence-electron chi connectivity index (χ1n) is 8.15. The smallest absolute Gasteiger partial charge is 0.315 e. The lowest BCUT2D eigenvalue weighted by atomic mass is 10.0. The maximum absolute atomic E-state index is 11.9. The van der Waals surface area contributed by atoms with E-state index in [4.69, 9.17) is 4.74 Å². The molecule has 1 saturated heterocycles. The Morgan fingerprint density at radius 1 is 1.36 bits per heavy atom. The minimum atomic E-state index is -0.0478. The summed E-state index contributed by atoms with van der Waals surface area (Å²) in [5.74, 6) is 0. The Hall–Kier alpha value is -1.59. The molecule has 5 heteroatoms. The van der Waals surface area contributed by atoms with Crippen molar-refractivity contribution in [3.63, 3.8) is 0 Å². The van der Waals surface area contributed by atoms with Gasteiger partial charge >= 0.3 is 6.03 Å². The third kappa shape index (κ3) is 4.21. The number of carbonyl (C=O) groups is 1. The zero-order valence-electron chi connectivity index (χ0n) is 13.2. The first-order valence-corrected chi connectivity index (χ1v) is 8.15. The van der Waals surface area contributed by atoms with Gasteiger partial charge in [-0.1, -0.05) is 29.8 Å². The second kappa shape index (κ2) is 7.11. The summed E-state index contributed by atoms with van der Waals surface area (Å²) in [7, 11) is 0. The predicted molar refractivity (Wildman–Crippen MR) is 85.9 cm³/mol. The van der Waals surface area contributed by atoms with Crippen LogP contribution >= 0.6 is 0 Å². The van der Waals surface area contributed by atoms with Crippen molar-refractivity contribution < 1.29 is 9.53 Å². The molecule has 1 heterocycles. The highest BCUT2D eigenvalue weighted by Gasteiger charge is 2.26. The zero-order chi connectivity index (χ0) is 15.4. The molecule has 1 saturated carbocycles. The first-order chi connectivity index (χ1) is 10.7. The third-order valence-corrected chi connectivity index (χ3v) is 4.28. The van der Waals surface area contributed by atoms with E-state index in [0.717, 1.165) is 39.1 Å². The average Bonchev–Trinajstić information content (AvgIpc) is 3.32. The molecule has 0 spiro atoms. The SMILES string of the molecule is Cc1cccc(C(CNC(=O)NC2CC2)N2CCOCC2)c1. The molecule has 1 aliphatic heterocycles. The standard InChI is InChI=1S/C17H25N3O2/c1-13-3-2-4-14(11-13)16(20-7-9-22-10-8-20)12-18-17(21)19-15-5-6-15/h2-4,11,15-16H,5-10,12H2,1H3,(H2,18,19,21). The van der Waals surface area contributed by atoms with E-state index in [1.165, 1.54) is 11.1 Å². The van der Waals surface area contributed by atoms with Crippen LogP contribution in [0.1, 0.15) is 30.0 Å². The molecule has 1 atom stereocenters. The molecule has 0 aromatic heterocycles. The molecule has 0 bridgehead atoms. The van der Waals surface area contributed by atoms with Gasteiger partial charge in [0.05, 0.1) is 19.3 Å². The maximum Gasteiger partial charge on any atom is 0.315 e. The molecular weight excluding hydrogens is 278 g/mol. The number of rotatable bonds is 5. The van der Waals surface area contributed by atoms with Gasteiger partial charge in [-0.05, 0) is 25.3 Å².